The van der Waals surface area contributed by atoms with E-state index in [4.69, 9.17) is 0 Å². The molecule has 1 N–H and O–H groups in total. The SMILES string of the molecule is Cc1ccc(O)c(N2[C@@H]3[C@@H]4C[C@@H]([C@H]5N=N[C@@H]45)[C@@H]32)c1. The Labute approximate surface area is 105 Å². The Kier molecular flexibility index (Phi) is 1.41. The molecule has 1 saturated heterocycles. The molecule has 0 radical (unpaired) electrons. The summed E-state index contributed by atoms with van der Waals surface area (Å²) in [6.07, 6.45) is 1.29. The molecule has 5 rings (SSSR count). The second-order valence-electron chi connectivity index (χ2n) is 6.16. The molecule has 0 amide bonds. The fourth-order valence-electron chi connectivity index (χ4n) is 4.52. The monoisotopic (exact) mass is 241 g/mol. The zero-order valence-electron chi connectivity index (χ0n) is 10.2. The number of benzene rings is 1. The van der Waals surface area contributed by atoms with Crippen LogP contribution in [0, 0.1) is 18.8 Å². The Morgan fingerprint density at radius 2 is 1.83 bits per heavy atom. The van der Waals surface area contributed by atoms with E-state index < -0.39 is 0 Å². The zero-order chi connectivity index (χ0) is 12.0. The highest BCUT2D eigenvalue weighted by atomic mass is 16.3. The molecule has 6 atom stereocenters. The van der Waals surface area contributed by atoms with Crippen molar-refractivity contribution >= 4 is 5.69 Å². The number of hydrogen-bond donors (Lipinski definition) is 1. The number of phenols is 1. The first-order chi connectivity index (χ1) is 8.75. The second-order valence-corrected chi connectivity index (χ2v) is 6.16. The van der Waals surface area contributed by atoms with E-state index in [1.54, 1.807) is 0 Å². The Morgan fingerprint density at radius 1 is 1.17 bits per heavy atom. The average molecular weight is 241 g/mol. The van der Waals surface area contributed by atoms with Gasteiger partial charge in [-0.15, -0.1) is 0 Å². The maximum atomic E-state index is 10.1. The van der Waals surface area contributed by atoms with Crippen molar-refractivity contribution in [3.05, 3.63) is 23.8 Å². The largest absolute Gasteiger partial charge is 0.506 e. The minimum atomic E-state index is 0.413. The first-order valence-electron chi connectivity index (χ1n) is 6.73. The van der Waals surface area contributed by atoms with Crippen LogP contribution in [0.3, 0.4) is 0 Å². The van der Waals surface area contributed by atoms with Crippen molar-refractivity contribution in [3.63, 3.8) is 0 Å². The number of anilines is 1. The van der Waals surface area contributed by atoms with Gasteiger partial charge in [0, 0.05) is 11.8 Å². The van der Waals surface area contributed by atoms with Crippen LogP contribution >= 0.6 is 0 Å². The fraction of sp³-hybridized carbons (Fsp3) is 0.571. The summed E-state index contributed by atoms with van der Waals surface area (Å²) in [7, 11) is 0. The van der Waals surface area contributed by atoms with E-state index in [9.17, 15) is 5.11 Å². The summed E-state index contributed by atoms with van der Waals surface area (Å²) >= 11 is 0. The number of phenolic OH excluding ortho intramolecular Hbond substituents is 1. The Hall–Kier alpha value is -1.58. The third-order valence-corrected chi connectivity index (χ3v) is 5.29. The third kappa shape index (κ3) is 0.877. The quantitative estimate of drug-likeness (QED) is 0.765. The molecular weight excluding hydrogens is 226 g/mol. The van der Waals surface area contributed by atoms with Crippen LogP contribution in [0.2, 0.25) is 0 Å². The van der Waals surface area contributed by atoms with Crippen molar-refractivity contribution in [1.29, 1.82) is 0 Å². The Bertz CT molecular complexity index is 560. The van der Waals surface area contributed by atoms with Crippen molar-refractivity contribution in [2.24, 2.45) is 22.1 Å². The highest BCUT2D eigenvalue weighted by Gasteiger charge is 2.73. The summed E-state index contributed by atoms with van der Waals surface area (Å²) in [5.74, 6) is 1.78. The molecule has 2 saturated carbocycles. The van der Waals surface area contributed by atoms with Crippen LogP contribution in [0.25, 0.3) is 0 Å². The van der Waals surface area contributed by atoms with E-state index in [2.05, 4.69) is 28.1 Å². The maximum Gasteiger partial charge on any atom is 0.138 e. The fourth-order valence-corrected chi connectivity index (χ4v) is 4.52. The van der Waals surface area contributed by atoms with Gasteiger partial charge in [-0.3, -0.25) is 0 Å². The summed E-state index contributed by atoms with van der Waals surface area (Å²) in [6.45, 7) is 2.07. The van der Waals surface area contributed by atoms with E-state index in [0.717, 1.165) is 5.69 Å². The molecule has 3 fully saturated rings. The minimum absolute atomic E-state index is 0.413. The molecule has 1 aromatic rings. The Balaban J connectivity index is 1.54. The molecule has 92 valence electrons. The van der Waals surface area contributed by atoms with E-state index >= 15 is 0 Å². The standard InChI is InChI=1S/C14H15N3O/c1-6-2-3-10(18)9(4-6)17-13-7-5-8(14(13)17)12-11(7)15-16-12/h2-4,7-8,11-14,18H,5H2,1H3/t7-,8+,11+,12-,13-,14+,17?. The molecule has 2 bridgehead atoms. The van der Waals surface area contributed by atoms with E-state index in [-0.39, 0.29) is 0 Å². The van der Waals surface area contributed by atoms with Crippen molar-refractivity contribution < 1.29 is 5.11 Å². The first kappa shape index (κ1) is 9.36. The molecule has 18 heavy (non-hydrogen) atoms. The molecule has 4 heteroatoms. The highest BCUT2D eigenvalue weighted by molar-refractivity contribution is 5.68. The van der Waals surface area contributed by atoms with Crippen LogP contribution in [-0.4, -0.2) is 29.3 Å². The number of azo groups is 1. The summed E-state index contributed by atoms with van der Waals surface area (Å²) in [5.41, 5.74) is 2.22. The van der Waals surface area contributed by atoms with Crippen molar-refractivity contribution in [3.8, 4) is 5.75 Å². The number of aromatic hydroxyl groups is 1. The van der Waals surface area contributed by atoms with Crippen LogP contribution < -0.4 is 4.90 Å². The predicted octanol–water partition coefficient (Wildman–Crippen LogP) is 2.11. The molecule has 0 aromatic heterocycles. The molecule has 2 heterocycles. The van der Waals surface area contributed by atoms with Gasteiger partial charge in [-0.25, -0.2) is 0 Å². The number of nitrogens with zero attached hydrogens (tertiary/aromatic N) is 3. The molecule has 0 spiro atoms. The van der Waals surface area contributed by atoms with Crippen LogP contribution in [-0.2, 0) is 0 Å². The average Bonchev–Trinajstić information content (AvgIpc) is 2.86. The highest BCUT2D eigenvalue weighted by Crippen LogP contribution is 2.64. The molecule has 2 aliphatic heterocycles. The summed E-state index contributed by atoms with van der Waals surface area (Å²) < 4.78 is 0. The smallest absolute Gasteiger partial charge is 0.138 e. The van der Waals surface area contributed by atoms with Gasteiger partial charge in [0.1, 0.15) is 17.8 Å². The third-order valence-electron chi connectivity index (χ3n) is 5.29. The van der Waals surface area contributed by atoms with Gasteiger partial charge >= 0.3 is 0 Å². The van der Waals surface area contributed by atoms with Crippen molar-refractivity contribution in [2.75, 3.05) is 4.90 Å². The number of piperidine rings is 1. The lowest BCUT2D eigenvalue weighted by atomic mass is 9.90. The zero-order valence-corrected chi connectivity index (χ0v) is 10.2. The molecule has 4 aliphatic rings. The van der Waals surface area contributed by atoms with Crippen LogP contribution in [0.15, 0.2) is 28.4 Å². The van der Waals surface area contributed by atoms with Crippen molar-refractivity contribution in [1.82, 2.24) is 0 Å². The number of aryl methyl sites for hydroxylation is 1. The van der Waals surface area contributed by atoms with Gasteiger partial charge in [0.15, 0.2) is 0 Å². The van der Waals surface area contributed by atoms with Gasteiger partial charge in [-0.1, -0.05) is 6.07 Å². The van der Waals surface area contributed by atoms with Gasteiger partial charge in [-0.2, -0.15) is 10.2 Å². The molecule has 0 unspecified atom stereocenters. The van der Waals surface area contributed by atoms with Gasteiger partial charge in [0.2, 0.25) is 0 Å². The van der Waals surface area contributed by atoms with Gasteiger partial charge in [0.05, 0.1) is 17.8 Å². The molecular formula is C14H15N3O. The lowest BCUT2D eigenvalue weighted by molar-refractivity contribution is 0.315. The van der Waals surface area contributed by atoms with E-state index in [0.29, 0.717) is 41.8 Å². The van der Waals surface area contributed by atoms with Crippen LogP contribution in [0.5, 0.6) is 5.75 Å². The minimum Gasteiger partial charge on any atom is -0.506 e. The number of fused-ring (bicyclic) bond motifs is 8. The van der Waals surface area contributed by atoms with Gasteiger partial charge in [-0.05, 0) is 31.0 Å². The number of hydrogen-bond acceptors (Lipinski definition) is 4. The normalized spacial score (nSPS) is 45.7. The van der Waals surface area contributed by atoms with Gasteiger partial charge < -0.3 is 10.0 Å². The maximum absolute atomic E-state index is 10.1. The topological polar surface area (TPSA) is 48.0 Å². The van der Waals surface area contributed by atoms with Gasteiger partial charge in [0.25, 0.3) is 0 Å². The summed E-state index contributed by atoms with van der Waals surface area (Å²) in [6, 6.07) is 8.08. The second kappa shape index (κ2) is 2.71. The predicted molar refractivity (Wildman–Crippen MR) is 66.9 cm³/mol. The summed E-state index contributed by atoms with van der Waals surface area (Å²) in [5, 5.41) is 18.6. The molecule has 4 nitrogen and oxygen atoms in total. The van der Waals surface area contributed by atoms with Crippen LogP contribution in [0.4, 0.5) is 5.69 Å². The number of rotatable bonds is 1. The van der Waals surface area contributed by atoms with Crippen molar-refractivity contribution in [2.45, 2.75) is 37.5 Å². The van der Waals surface area contributed by atoms with Crippen LogP contribution in [0.1, 0.15) is 12.0 Å². The lowest BCUT2D eigenvalue weighted by Gasteiger charge is -2.27. The van der Waals surface area contributed by atoms with E-state index in [1.165, 1.54) is 12.0 Å². The summed E-state index contributed by atoms with van der Waals surface area (Å²) in [4.78, 5) is 2.41. The van der Waals surface area contributed by atoms with E-state index in [1.807, 2.05) is 12.1 Å². The first-order valence-corrected chi connectivity index (χ1v) is 6.73. The Morgan fingerprint density at radius 3 is 2.44 bits per heavy atom. The molecule has 2 aliphatic carbocycles. The molecule has 1 aromatic carbocycles. The lowest BCUT2D eigenvalue weighted by Crippen LogP contribution is -2.39.